The lowest BCUT2D eigenvalue weighted by atomic mass is 10.2. The predicted molar refractivity (Wildman–Crippen MR) is 103 cm³/mol. The molecule has 0 aliphatic rings. The maximum absolute atomic E-state index is 12.1. The second-order valence-electron chi connectivity index (χ2n) is 6.42. The minimum Gasteiger partial charge on any atom is -0.494 e. The zero-order valence-corrected chi connectivity index (χ0v) is 15.3. The first-order chi connectivity index (χ1) is 12.5. The molecule has 0 aliphatic heterocycles. The molecule has 0 saturated carbocycles. The summed E-state index contributed by atoms with van der Waals surface area (Å²) in [6.45, 7) is 2.52. The largest absolute Gasteiger partial charge is 0.494 e. The number of carbonyl (C=O) groups excluding carboxylic acids is 1. The molecule has 136 valence electrons. The number of carbonyl (C=O) groups is 1. The monoisotopic (exact) mass is 353 g/mol. The SMILES string of the molecule is Cc1ccc(OCCCC(=O)Nc2ccc3c(c2)n(C)c(=O)n3C)cc1. The smallest absolute Gasteiger partial charge is 0.328 e. The maximum Gasteiger partial charge on any atom is 0.328 e. The van der Waals surface area contributed by atoms with Crippen LogP contribution in [-0.2, 0) is 18.9 Å². The van der Waals surface area contributed by atoms with Gasteiger partial charge >= 0.3 is 5.69 Å². The highest BCUT2D eigenvalue weighted by Crippen LogP contribution is 2.18. The highest BCUT2D eigenvalue weighted by molar-refractivity contribution is 5.93. The molecule has 0 unspecified atom stereocenters. The van der Waals surface area contributed by atoms with Gasteiger partial charge < -0.3 is 10.1 Å². The van der Waals surface area contributed by atoms with Crippen LogP contribution in [0.4, 0.5) is 5.69 Å². The van der Waals surface area contributed by atoms with Crippen LogP contribution in [0, 0.1) is 6.92 Å². The molecular weight excluding hydrogens is 330 g/mol. The fraction of sp³-hybridized carbons (Fsp3) is 0.300. The molecular formula is C20H23N3O3. The van der Waals surface area contributed by atoms with Crippen molar-refractivity contribution in [3.63, 3.8) is 0 Å². The number of rotatable bonds is 6. The normalized spacial score (nSPS) is 10.9. The van der Waals surface area contributed by atoms with Crippen LogP contribution < -0.4 is 15.7 Å². The topological polar surface area (TPSA) is 65.3 Å². The fourth-order valence-corrected chi connectivity index (χ4v) is 2.87. The molecule has 1 N–H and O–H groups in total. The summed E-state index contributed by atoms with van der Waals surface area (Å²) in [6, 6.07) is 13.3. The van der Waals surface area contributed by atoms with Crippen LogP contribution in [-0.4, -0.2) is 21.6 Å². The maximum atomic E-state index is 12.1. The van der Waals surface area contributed by atoms with E-state index in [9.17, 15) is 9.59 Å². The van der Waals surface area contributed by atoms with Crippen molar-refractivity contribution in [1.82, 2.24) is 9.13 Å². The van der Waals surface area contributed by atoms with Gasteiger partial charge in [0.25, 0.3) is 0 Å². The minimum absolute atomic E-state index is 0.0715. The van der Waals surface area contributed by atoms with Gasteiger partial charge in [0.05, 0.1) is 17.6 Å². The number of benzene rings is 2. The van der Waals surface area contributed by atoms with E-state index in [1.54, 1.807) is 23.2 Å². The summed E-state index contributed by atoms with van der Waals surface area (Å²) in [5.74, 6) is 0.740. The molecule has 1 heterocycles. The summed E-state index contributed by atoms with van der Waals surface area (Å²) in [5, 5.41) is 2.88. The number of hydrogen-bond acceptors (Lipinski definition) is 3. The van der Waals surface area contributed by atoms with Gasteiger partial charge in [0, 0.05) is 26.2 Å². The first kappa shape index (κ1) is 17.8. The Bertz CT molecular complexity index is 984. The summed E-state index contributed by atoms with van der Waals surface area (Å²) in [5.41, 5.74) is 3.41. The van der Waals surface area contributed by atoms with Crippen LogP contribution >= 0.6 is 0 Å². The molecule has 1 amide bonds. The van der Waals surface area contributed by atoms with Gasteiger partial charge in [-0.15, -0.1) is 0 Å². The van der Waals surface area contributed by atoms with E-state index in [4.69, 9.17) is 4.74 Å². The van der Waals surface area contributed by atoms with Crippen molar-refractivity contribution < 1.29 is 9.53 Å². The number of aromatic nitrogens is 2. The molecule has 0 radical (unpaired) electrons. The highest BCUT2D eigenvalue weighted by atomic mass is 16.5. The molecule has 0 spiro atoms. The van der Waals surface area contributed by atoms with Crippen molar-refractivity contribution in [2.75, 3.05) is 11.9 Å². The Morgan fingerprint density at radius 3 is 2.46 bits per heavy atom. The molecule has 6 nitrogen and oxygen atoms in total. The van der Waals surface area contributed by atoms with Crippen LogP contribution in [0.25, 0.3) is 11.0 Å². The lowest BCUT2D eigenvalue weighted by molar-refractivity contribution is -0.116. The number of ether oxygens (including phenoxy) is 1. The molecule has 0 atom stereocenters. The fourth-order valence-electron chi connectivity index (χ4n) is 2.87. The summed E-state index contributed by atoms with van der Waals surface area (Å²) in [7, 11) is 3.45. The quantitative estimate of drug-likeness (QED) is 0.693. The zero-order chi connectivity index (χ0) is 18.7. The standard InChI is InChI=1S/C20H23N3O3/c1-14-6-9-16(10-7-14)26-12-4-5-19(24)21-15-8-11-17-18(13-15)23(3)20(25)22(17)2/h6-11,13H,4-5,12H2,1-3H3,(H,21,24). The van der Waals surface area contributed by atoms with Gasteiger partial charge in [-0.2, -0.15) is 0 Å². The molecule has 6 heteroatoms. The average molecular weight is 353 g/mol. The highest BCUT2D eigenvalue weighted by Gasteiger charge is 2.09. The number of hydrogen-bond donors (Lipinski definition) is 1. The van der Waals surface area contributed by atoms with E-state index >= 15 is 0 Å². The third kappa shape index (κ3) is 3.79. The number of amides is 1. The minimum atomic E-state index is -0.0864. The van der Waals surface area contributed by atoms with Crippen molar-refractivity contribution >= 4 is 22.6 Å². The lowest BCUT2D eigenvalue weighted by Gasteiger charge is -2.08. The van der Waals surface area contributed by atoms with Gasteiger partial charge in [-0.25, -0.2) is 4.79 Å². The first-order valence-electron chi connectivity index (χ1n) is 8.60. The zero-order valence-electron chi connectivity index (χ0n) is 15.3. The van der Waals surface area contributed by atoms with Crippen LogP contribution in [0.15, 0.2) is 47.3 Å². The Balaban J connectivity index is 1.53. The number of nitrogens with one attached hydrogen (secondary N) is 1. The summed E-state index contributed by atoms with van der Waals surface area (Å²) < 4.78 is 8.79. The first-order valence-corrected chi connectivity index (χ1v) is 8.60. The van der Waals surface area contributed by atoms with E-state index in [0.717, 1.165) is 16.8 Å². The van der Waals surface area contributed by atoms with E-state index in [-0.39, 0.29) is 11.6 Å². The Kier molecular flexibility index (Phi) is 5.11. The Labute approximate surface area is 152 Å². The molecule has 26 heavy (non-hydrogen) atoms. The van der Waals surface area contributed by atoms with Crippen molar-refractivity contribution in [2.24, 2.45) is 14.1 Å². The van der Waals surface area contributed by atoms with Gasteiger partial charge in [-0.1, -0.05) is 17.7 Å². The van der Waals surface area contributed by atoms with Crippen molar-refractivity contribution in [3.8, 4) is 5.75 Å². The third-order valence-electron chi connectivity index (χ3n) is 4.39. The van der Waals surface area contributed by atoms with Crippen LogP contribution in [0.5, 0.6) is 5.75 Å². The number of fused-ring (bicyclic) bond motifs is 1. The van der Waals surface area contributed by atoms with Crippen molar-refractivity contribution in [1.29, 1.82) is 0 Å². The van der Waals surface area contributed by atoms with Crippen molar-refractivity contribution in [2.45, 2.75) is 19.8 Å². The van der Waals surface area contributed by atoms with Gasteiger partial charge in [-0.05, 0) is 43.7 Å². The molecule has 0 saturated heterocycles. The van der Waals surface area contributed by atoms with E-state index in [1.165, 1.54) is 5.56 Å². The van der Waals surface area contributed by atoms with E-state index in [2.05, 4.69) is 5.32 Å². The van der Waals surface area contributed by atoms with Gasteiger partial charge in [-0.3, -0.25) is 13.9 Å². The van der Waals surface area contributed by atoms with Crippen LogP contribution in [0.3, 0.4) is 0 Å². The lowest BCUT2D eigenvalue weighted by Crippen LogP contribution is -2.19. The van der Waals surface area contributed by atoms with Crippen LogP contribution in [0.1, 0.15) is 18.4 Å². The summed E-state index contributed by atoms with van der Waals surface area (Å²) in [6.07, 6.45) is 1.00. The summed E-state index contributed by atoms with van der Waals surface area (Å²) in [4.78, 5) is 24.1. The van der Waals surface area contributed by atoms with Crippen LogP contribution in [0.2, 0.25) is 0 Å². The second kappa shape index (κ2) is 7.47. The number of anilines is 1. The average Bonchev–Trinajstić information content (AvgIpc) is 2.84. The van der Waals surface area contributed by atoms with Crippen molar-refractivity contribution in [3.05, 3.63) is 58.5 Å². The Hall–Kier alpha value is -3.02. The molecule has 0 aliphatic carbocycles. The number of nitrogens with zero attached hydrogens (tertiary/aromatic N) is 2. The van der Waals surface area contributed by atoms with E-state index in [0.29, 0.717) is 25.1 Å². The third-order valence-corrected chi connectivity index (χ3v) is 4.39. The molecule has 3 rings (SSSR count). The molecule has 0 fully saturated rings. The summed E-state index contributed by atoms with van der Waals surface area (Å²) >= 11 is 0. The Morgan fingerprint density at radius 2 is 1.73 bits per heavy atom. The van der Waals surface area contributed by atoms with Gasteiger partial charge in [0.2, 0.25) is 5.91 Å². The molecule has 2 aromatic carbocycles. The Morgan fingerprint density at radius 1 is 1.04 bits per heavy atom. The van der Waals surface area contributed by atoms with Gasteiger partial charge in [0.1, 0.15) is 5.75 Å². The second-order valence-corrected chi connectivity index (χ2v) is 6.42. The van der Waals surface area contributed by atoms with E-state index in [1.807, 2.05) is 49.4 Å². The number of aryl methyl sites for hydroxylation is 3. The van der Waals surface area contributed by atoms with Gasteiger partial charge in [0.15, 0.2) is 0 Å². The van der Waals surface area contributed by atoms with E-state index < -0.39 is 0 Å². The molecule has 3 aromatic rings. The molecule has 1 aromatic heterocycles. The predicted octanol–water partition coefficient (Wildman–Crippen LogP) is 2.98. The number of imidazole rings is 1. The molecule has 0 bridgehead atoms.